The average molecular weight is 294 g/mol. The second-order valence-corrected chi connectivity index (χ2v) is 6.29. The lowest BCUT2D eigenvalue weighted by molar-refractivity contribution is -0.140. The summed E-state index contributed by atoms with van der Waals surface area (Å²) in [6.07, 6.45) is 0.528. The minimum atomic E-state index is -3.60. The second-order valence-electron chi connectivity index (χ2n) is 4.10. The van der Waals surface area contributed by atoms with Crippen LogP contribution in [-0.4, -0.2) is 63.4 Å². The molecule has 0 unspecified atom stereocenters. The second kappa shape index (κ2) is 8.87. The Morgan fingerprint density at radius 3 is 2.47 bits per heavy atom. The van der Waals surface area contributed by atoms with E-state index in [1.54, 1.807) is 14.0 Å². The maximum Gasteiger partial charge on any atom is 0.321 e. The molecule has 112 valence electrons. The zero-order valence-corrected chi connectivity index (χ0v) is 12.2. The number of nitrogens with zero attached hydrogens (tertiary/aromatic N) is 1. The predicted molar refractivity (Wildman–Crippen MR) is 71.2 cm³/mol. The zero-order chi connectivity index (χ0) is 14.9. The van der Waals surface area contributed by atoms with Gasteiger partial charge >= 0.3 is 5.97 Å². The van der Waals surface area contributed by atoms with Crippen LogP contribution in [0.1, 0.15) is 19.8 Å². The number of carbonyl (C=O) groups excluding carboxylic acids is 2. The van der Waals surface area contributed by atoms with Crippen molar-refractivity contribution < 1.29 is 22.7 Å². The molecule has 7 nitrogen and oxygen atoms in total. The van der Waals surface area contributed by atoms with Crippen LogP contribution in [0.25, 0.3) is 0 Å². The summed E-state index contributed by atoms with van der Waals surface area (Å²) in [5, 5.41) is 0. The van der Waals surface area contributed by atoms with Crippen LogP contribution in [-0.2, 0) is 24.2 Å². The van der Waals surface area contributed by atoms with Crippen molar-refractivity contribution in [2.45, 2.75) is 19.8 Å². The van der Waals surface area contributed by atoms with Crippen LogP contribution in [0.4, 0.5) is 0 Å². The molecule has 0 aliphatic heterocycles. The topological polar surface area (TPSA) is 107 Å². The van der Waals surface area contributed by atoms with Crippen LogP contribution in [0.5, 0.6) is 0 Å². The molecule has 0 atom stereocenters. The first kappa shape index (κ1) is 17.8. The van der Waals surface area contributed by atoms with Gasteiger partial charge in [0.1, 0.15) is 5.75 Å². The lowest BCUT2D eigenvalue weighted by Gasteiger charge is -2.16. The number of nitrogens with two attached hydrogens (primary N) is 1. The number of rotatable bonds is 9. The third-order valence-electron chi connectivity index (χ3n) is 2.39. The van der Waals surface area contributed by atoms with Gasteiger partial charge in [-0.25, -0.2) is 8.42 Å². The van der Waals surface area contributed by atoms with Crippen LogP contribution in [0.3, 0.4) is 0 Å². The molecular formula is C11H22N2O5S. The smallest absolute Gasteiger partial charge is 0.321 e. The van der Waals surface area contributed by atoms with Gasteiger partial charge in [-0.1, -0.05) is 0 Å². The predicted octanol–water partition coefficient (Wildman–Crippen LogP) is -0.838. The largest absolute Gasteiger partial charge is 0.465 e. The molecule has 0 saturated carbocycles. The molecule has 0 heterocycles. The van der Waals surface area contributed by atoms with E-state index in [4.69, 9.17) is 5.73 Å². The van der Waals surface area contributed by atoms with Gasteiger partial charge in [-0.05, 0) is 19.9 Å². The Kier molecular flexibility index (Phi) is 8.33. The highest BCUT2D eigenvalue weighted by Crippen LogP contribution is 2.00. The van der Waals surface area contributed by atoms with Gasteiger partial charge in [-0.2, -0.15) is 0 Å². The molecule has 0 spiro atoms. The maximum atomic E-state index is 11.6. The summed E-state index contributed by atoms with van der Waals surface area (Å²) in [5.41, 5.74) is 5.32. The van der Waals surface area contributed by atoms with Gasteiger partial charge in [-0.3, -0.25) is 9.59 Å². The van der Waals surface area contributed by atoms with Crippen LogP contribution < -0.4 is 5.73 Å². The quantitative estimate of drug-likeness (QED) is 0.556. The molecular weight excluding hydrogens is 272 g/mol. The summed E-state index contributed by atoms with van der Waals surface area (Å²) in [6.45, 7) is 2.70. The van der Waals surface area contributed by atoms with E-state index in [0.29, 0.717) is 19.5 Å². The third-order valence-corrected chi connectivity index (χ3v) is 3.90. The highest BCUT2D eigenvalue weighted by molar-refractivity contribution is 7.92. The highest BCUT2D eigenvalue weighted by Gasteiger charge is 2.20. The van der Waals surface area contributed by atoms with Gasteiger partial charge in [0.05, 0.1) is 12.4 Å². The van der Waals surface area contributed by atoms with Crippen molar-refractivity contribution in [1.82, 2.24) is 4.90 Å². The molecule has 1 amide bonds. The Bertz CT molecular complexity index is 394. The maximum absolute atomic E-state index is 11.6. The summed E-state index contributed by atoms with van der Waals surface area (Å²) < 4.78 is 27.7. The molecule has 0 aliphatic rings. The van der Waals surface area contributed by atoms with Crippen LogP contribution in [0, 0.1) is 0 Å². The van der Waals surface area contributed by atoms with Gasteiger partial charge in [0.2, 0.25) is 5.91 Å². The van der Waals surface area contributed by atoms with Crippen LogP contribution in [0.15, 0.2) is 0 Å². The Hall–Kier alpha value is -1.15. The molecule has 0 radical (unpaired) electrons. The van der Waals surface area contributed by atoms with Crippen molar-refractivity contribution in [3.8, 4) is 0 Å². The third kappa shape index (κ3) is 8.55. The Morgan fingerprint density at radius 1 is 1.32 bits per heavy atom. The zero-order valence-electron chi connectivity index (χ0n) is 11.4. The highest BCUT2D eigenvalue weighted by atomic mass is 32.2. The molecule has 2 N–H and O–H groups in total. The first-order valence-electron chi connectivity index (χ1n) is 6.12. The normalized spacial score (nSPS) is 11.1. The molecule has 0 rings (SSSR count). The summed E-state index contributed by atoms with van der Waals surface area (Å²) in [5.74, 6) is -2.09. The van der Waals surface area contributed by atoms with Gasteiger partial charge < -0.3 is 15.4 Å². The van der Waals surface area contributed by atoms with E-state index in [2.05, 4.69) is 4.74 Å². The van der Waals surface area contributed by atoms with E-state index in [1.807, 2.05) is 0 Å². The number of sulfone groups is 1. The number of hydrogen-bond acceptors (Lipinski definition) is 6. The lowest BCUT2D eigenvalue weighted by Crippen LogP contribution is -2.31. The van der Waals surface area contributed by atoms with Crippen molar-refractivity contribution in [3.05, 3.63) is 0 Å². The van der Waals surface area contributed by atoms with Gasteiger partial charge in [0.15, 0.2) is 9.84 Å². The van der Waals surface area contributed by atoms with Crippen molar-refractivity contribution in [2.75, 3.05) is 38.2 Å². The minimum absolute atomic E-state index is 0.134. The Balaban J connectivity index is 4.16. The lowest BCUT2D eigenvalue weighted by atomic mass is 10.3. The van der Waals surface area contributed by atoms with E-state index in [9.17, 15) is 18.0 Å². The number of amides is 1. The molecule has 19 heavy (non-hydrogen) atoms. The van der Waals surface area contributed by atoms with Gasteiger partial charge in [0, 0.05) is 20.0 Å². The number of carbonyl (C=O) groups is 2. The molecule has 0 aromatic carbocycles. The van der Waals surface area contributed by atoms with Crippen molar-refractivity contribution in [2.24, 2.45) is 5.73 Å². The standard InChI is InChI=1S/C11H22N2O5S/c1-3-18-11(15)9-19(16,17)8-5-10(14)13(2)7-4-6-12/h3-9,12H2,1-2H3. The summed E-state index contributed by atoms with van der Waals surface area (Å²) in [4.78, 5) is 24.1. The summed E-state index contributed by atoms with van der Waals surface area (Å²) in [6, 6.07) is 0. The number of ether oxygens (including phenoxy) is 1. The SMILES string of the molecule is CCOC(=O)CS(=O)(=O)CCC(=O)N(C)CCCN. The fourth-order valence-electron chi connectivity index (χ4n) is 1.34. The van der Waals surface area contributed by atoms with Crippen molar-refractivity contribution in [1.29, 1.82) is 0 Å². The molecule has 0 fully saturated rings. The Labute approximate surface area is 114 Å². The first-order valence-corrected chi connectivity index (χ1v) is 7.94. The fraction of sp³-hybridized carbons (Fsp3) is 0.818. The van der Waals surface area contributed by atoms with E-state index in [1.165, 1.54) is 4.90 Å². The van der Waals surface area contributed by atoms with Crippen molar-refractivity contribution >= 4 is 21.7 Å². The monoisotopic (exact) mass is 294 g/mol. The van der Waals surface area contributed by atoms with Crippen molar-refractivity contribution in [3.63, 3.8) is 0 Å². The van der Waals surface area contributed by atoms with E-state index < -0.39 is 21.6 Å². The molecule has 0 saturated heterocycles. The summed E-state index contributed by atoms with van der Waals surface area (Å²) in [7, 11) is -2.01. The number of esters is 1. The molecule has 0 aromatic rings. The fourth-order valence-corrected chi connectivity index (χ4v) is 2.41. The van der Waals surface area contributed by atoms with Crippen LogP contribution >= 0.6 is 0 Å². The molecule has 0 aliphatic carbocycles. The molecule has 0 aromatic heterocycles. The van der Waals surface area contributed by atoms with Crippen LogP contribution in [0.2, 0.25) is 0 Å². The Morgan fingerprint density at radius 2 is 1.95 bits per heavy atom. The van der Waals surface area contributed by atoms with E-state index in [-0.39, 0.29) is 24.7 Å². The number of hydrogen-bond donors (Lipinski definition) is 1. The average Bonchev–Trinajstić information content (AvgIpc) is 2.32. The first-order chi connectivity index (χ1) is 8.82. The summed E-state index contributed by atoms with van der Waals surface area (Å²) >= 11 is 0. The molecule has 8 heteroatoms. The van der Waals surface area contributed by atoms with Gasteiger partial charge in [-0.15, -0.1) is 0 Å². The van der Waals surface area contributed by atoms with E-state index >= 15 is 0 Å². The van der Waals surface area contributed by atoms with Gasteiger partial charge in [0.25, 0.3) is 0 Å². The molecule has 0 bridgehead atoms. The van der Waals surface area contributed by atoms with E-state index in [0.717, 1.165) is 0 Å². The minimum Gasteiger partial charge on any atom is -0.465 e.